The minimum atomic E-state index is 0.756. The molecule has 0 unspecified atom stereocenters. The maximum absolute atomic E-state index is 4.40. The smallest absolute Gasteiger partial charge is 0.0665 e. The van der Waals surface area contributed by atoms with Crippen LogP contribution in [0.1, 0.15) is 11.3 Å². The topological polar surface area (TPSA) is 35.8 Å². The van der Waals surface area contributed by atoms with E-state index in [0.717, 1.165) is 49.6 Å². The van der Waals surface area contributed by atoms with E-state index < -0.39 is 0 Å². The van der Waals surface area contributed by atoms with Crippen LogP contribution < -0.4 is 10.2 Å². The number of rotatable bonds is 4. The van der Waals surface area contributed by atoms with Crippen LogP contribution in [0.2, 0.25) is 0 Å². The van der Waals surface area contributed by atoms with Gasteiger partial charge < -0.3 is 15.1 Å². The number of fused-ring (bicyclic) bond motifs is 1. The molecule has 0 bridgehead atoms. The van der Waals surface area contributed by atoms with E-state index in [1.165, 1.54) is 11.3 Å². The van der Waals surface area contributed by atoms with Gasteiger partial charge in [0.05, 0.1) is 17.8 Å². The van der Waals surface area contributed by atoms with Crippen LogP contribution >= 0.6 is 0 Å². The molecular weight excluding hydrogens is 310 g/mol. The summed E-state index contributed by atoms with van der Waals surface area (Å²) in [6.07, 6.45) is 1.84. The van der Waals surface area contributed by atoms with Crippen molar-refractivity contribution in [1.29, 1.82) is 0 Å². The first-order valence-corrected chi connectivity index (χ1v) is 8.90. The summed E-state index contributed by atoms with van der Waals surface area (Å²) in [7, 11) is 2.19. The van der Waals surface area contributed by atoms with E-state index in [-0.39, 0.29) is 0 Å². The monoisotopic (exact) mass is 335 g/mol. The van der Waals surface area contributed by atoms with Crippen molar-refractivity contribution in [2.75, 3.05) is 43.4 Å². The molecule has 3 aromatic rings. The van der Waals surface area contributed by atoms with Crippen LogP contribution in [0, 0.1) is 6.92 Å². The molecule has 0 aliphatic carbocycles. The van der Waals surface area contributed by atoms with Crippen molar-refractivity contribution >= 4 is 16.9 Å². The summed E-state index contributed by atoms with van der Waals surface area (Å²) in [6, 6.07) is 15.0. The zero-order valence-corrected chi connectivity index (χ0v) is 14.9. The highest BCUT2D eigenvalue weighted by molar-refractivity contribution is 5.61. The summed E-state index contributed by atoms with van der Waals surface area (Å²) in [5.41, 5.74) is 6.11. The fourth-order valence-electron chi connectivity index (χ4n) is 3.50. The van der Waals surface area contributed by atoms with Crippen LogP contribution in [-0.4, -0.2) is 47.7 Å². The fourth-order valence-corrected chi connectivity index (χ4v) is 3.50. The molecule has 0 radical (unpaired) electrons. The van der Waals surface area contributed by atoms with Gasteiger partial charge in [-0.1, -0.05) is 6.07 Å². The first-order valence-electron chi connectivity index (χ1n) is 8.90. The van der Waals surface area contributed by atoms with E-state index in [1.54, 1.807) is 0 Å². The van der Waals surface area contributed by atoms with Crippen molar-refractivity contribution in [2.24, 2.45) is 0 Å². The van der Waals surface area contributed by atoms with E-state index in [9.17, 15) is 0 Å². The molecule has 5 heteroatoms. The fraction of sp³-hybridized carbons (Fsp3) is 0.350. The summed E-state index contributed by atoms with van der Waals surface area (Å²) >= 11 is 0. The predicted molar refractivity (Wildman–Crippen MR) is 103 cm³/mol. The summed E-state index contributed by atoms with van der Waals surface area (Å²) in [4.78, 5) is 4.88. The van der Waals surface area contributed by atoms with Crippen LogP contribution in [0.4, 0.5) is 11.4 Å². The zero-order chi connectivity index (χ0) is 17.2. The lowest BCUT2D eigenvalue weighted by Gasteiger charge is -2.35. The number of piperazine rings is 1. The Morgan fingerprint density at radius 3 is 2.68 bits per heavy atom. The minimum Gasteiger partial charge on any atom is -0.379 e. The number of hydrogen-bond acceptors (Lipinski definition) is 4. The largest absolute Gasteiger partial charge is 0.379 e. The first-order chi connectivity index (χ1) is 12.2. The third-order valence-corrected chi connectivity index (χ3v) is 5.01. The quantitative estimate of drug-likeness (QED) is 0.795. The van der Waals surface area contributed by atoms with Gasteiger partial charge in [-0.2, -0.15) is 5.10 Å². The van der Waals surface area contributed by atoms with Gasteiger partial charge in [0.25, 0.3) is 0 Å². The molecule has 0 saturated carbocycles. The molecule has 1 saturated heterocycles. The van der Waals surface area contributed by atoms with Gasteiger partial charge in [-0.05, 0) is 55.9 Å². The van der Waals surface area contributed by atoms with E-state index in [0.29, 0.717) is 0 Å². The van der Waals surface area contributed by atoms with Gasteiger partial charge in [-0.15, -0.1) is 0 Å². The molecule has 1 aliphatic heterocycles. The second-order valence-corrected chi connectivity index (χ2v) is 6.83. The van der Waals surface area contributed by atoms with Gasteiger partial charge in [-0.3, -0.25) is 0 Å². The molecular formula is C20H25N5. The molecule has 0 spiro atoms. The third-order valence-electron chi connectivity index (χ3n) is 5.01. The second-order valence-electron chi connectivity index (χ2n) is 6.83. The van der Waals surface area contributed by atoms with Gasteiger partial charge in [0.1, 0.15) is 0 Å². The molecule has 1 N–H and O–H groups in total. The number of anilines is 2. The number of hydrogen-bond donors (Lipinski definition) is 1. The molecule has 3 heterocycles. The molecule has 2 aromatic heterocycles. The molecule has 1 aliphatic rings. The summed E-state index contributed by atoms with van der Waals surface area (Å²) in [5.74, 6) is 0. The van der Waals surface area contributed by atoms with Crippen molar-refractivity contribution in [3.63, 3.8) is 0 Å². The lowest BCUT2D eigenvalue weighted by Crippen LogP contribution is -2.44. The Morgan fingerprint density at radius 1 is 1.04 bits per heavy atom. The number of aryl methyl sites for hydroxylation is 1. The second kappa shape index (κ2) is 6.76. The highest BCUT2D eigenvalue weighted by Gasteiger charge is 2.15. The zero-order valence-electron chi connectivity index (χ0n) is 14.9. The molecule has 1 fully saturated rings. The minimum absolute atomic E-state index is 0.756. The van der Waals surface area contributed by atoms with E-state index >= 15 is 0 Å². The van der Waals surface area contributed by atoms with E-state index in [2.05, 4.69) is 70.6 Å². The number of nitrogens with one attached hydrogen (secondary N) is 1. The number of likely N-dealkylation sites (N-methyl/N-ethyl adjacent to an activating group) is 1. The Morgan fingerprint density at radius 2 is 1.88 bits per heavy atom. The van der Waals surface area contributed by atoms with Gasteiger partial charge >= 0.3 is 0 Å². The Kier molecular flexibility index (Phi) is 4.32. The van der Waals surface area contributed by atoms with Crippen LogP contribution in [0.5, 0.6) is 0 Å². The average Bonchev–Trinajstić information content (AvgIpc) is 3.10. The van der Waals surface area contributed by atoms with Crippen LogP contribution in [-0.2, 0) is 6.54 Å². The Bertz CT molecular complexity index is 861. The number of nitrogens with zero attached hydrogens (tertiary/aromatic N) is 4. The van der Waals surface area contributed by atoms with Crippen LogP contribution in [0.3, 0.4) is 0 Å². The lowest BCUT2D eigenvalue weighted by molar-refractivity contribution is 0.312. The van der Waals surface area contributed by atoms with Crippen molar-refractivity contribution in [1.82, 2.24) is 14.5 Å². The average molecular weight is 335 g/mol. The standard InChI is InChI=1S/C20H25N5/c1-16-14-17(6-7-20(16)24-12-10-23(2)11-13-24)21-15-19-5-3-4-18-8-9-22-25(18)19/h3-9,14,21H,10-13,15H2,1-2H3. The summed E-state index contributed by atoms with van der Waals surface area (Å²) < 4.78 is 1.98. The van der Waals surface area contributed by atoms with Gasteiger partial charge in [0.15, 0.2) is 0 Å². The third kappa shape index (κ3) is 3.33. The molecule has 130 valence electrons. The maximum Gasteiger partial charge on any atom is 0.0665 e. The molecule has 0 atom stereocenters. The Labute approximate surface area is 148 Å². The molecule has 5 nitrogen and oxygen atoms in total. The number of benzene rings is 1. The molecule has 25 heavy (non-hydrogen) atoms. The SMILES string of the molecule is Cc1cc(NCc2cccc3ccnn23)ccc1N1CCN(C)CC1. The van der Waals surface area contributed by atoms with Crippen molar-refractivity contribution < 1.29 is 0 Å². The van der Waals surface area contributed by atoms with E-state index in [1.807, 2.05) is 16.8 Å². The lowest BCUT2D eigenvalue weighted by atomic mass is 10.1. The van der Waals surface area contributed by atoms with Crippen molar-refractivity contribution in [2.45, 2.75) is 13.5 Å². The number of aromatic nitrogens is 2. The molecule has 4 rings (SSSR count). The van der Waals surface area contributed by atoms with E-state index in [4.69, 9.17) is 0 Å². The molecule has 1 aromatic carbocycles. The Hall–Kier alpha value is -2.53. The maximum atomic E-state index is 4.40. The highest BCUT2D eigenvalue weighted by Crippen LogP contribution is 2.25. The summed E-state index contributed by atoms with van der Waals surface area (Å²) in [5, 5.41) is 7.93. The van der Waals surface area contributed by atoms with Crippen LogP contribution in [0.15, 0.2) is 48.7 Å². The predicted octanol–water partition coefficient (Wildman–Crippen LogP) is 3.01. The molecule has 0 amide bonds. The highest BCUT2D eigenvalue weighted by atomic mass is 15.2. The van der Waals surface area contributed by atoms with Crippen LogP contribution in [0.25, 0.3) is 5.52 Å². The van der Waals surface area contributed by atoms with Gasteiger partial charge in [-0.25, -0.2) is 4.52 Å². The van der Waals surface area contributed by atoms with Gasteiger partial charge in [0, 0.05) is 43.8 Å². The normalized spacial score (nSPS) is 15.7. The number of pyridine rings is 1. The van der Waals surface area contributed by atoms with Gasteiger partial charge in [0.2, 0.25) is 0 Å². The Balaban J connectivity index is 1.46. The van der Waals surface area contributed by atoms with Crippen molar-refractivity contribution in [3.05, 3.63) is 59.9 Å². The summed E-state index contributed by atoms with van der Waals surface area (Å²) in [6.45, 7) is 7.43. The first kappa shape index (κ1) is 16.0. The van der Waals surface area contributed by atoms with Crippen molar-refractivity contribution in [3.8, 4) is 0 Å².